The van der Waals surface area contributed by atoms with Crippen LogP contribution in [0.3, 0.4) is 0 Å². The van der Waals surface area contributed by atoms with E-state index in [1.807, 2.05) is 18.2 Å². The van der Waals surface area contributed by atoms with Gasteiger partial charge in [-0.25, -0.2) is 4.98 Å². The second-order valence-corrected chi connectivity index (χ2v) is 7.26. The Morgan fingerprint density at radius 1 is 1.26 bits per heavy atom. The monoisotopic (exact) mass is 332 g/mol. The van der Waals surface area contributed by atoms with E-state index >= 15 is 0 Å². The van der Waals surface area contributed by atoms with Crippen molar-refractivity contribution in [1.29, 1.82) is 0 Å². The third kappa shape index (κ3) is 5.94. The van der Waals surface area contributed by atoms with Crippen molar-refractivity contribution < 1.29 is 4.79 Å². The summed E-state index contributed by atoms with van der Waals surface area (Å²) in [6, 6.07) is 8.20. The number of fused-ring (bicyclic) bond motifs is 1. The van der Waals surface area contributed by atoms with Gasteiger partial charge in [-0.2, -0.15) is 0 Å². The molecule has 4 heteroatoms. The zero-order chi connectivity index (χ0) is 16.5. The highest BCUT2D eigenvalue weighted by Crippen LogP contribution is 2.22. The van der Waals surface area contributed by atoms with E-state index in [2.05, 4.69) is 30.2 Å². The van der Waals surface area contributed by atoms with Crippen molar-refractivity contribution in [2.24, 2.45) is 5.92 Å². The highest BCUT2D eigenvalue weighted by Gasteiger charge is 2.09. The van der Waals surface area contributed by atoms with E-state index in [4.69, 9.17) is 0 Å². The van der Waals surface area contributed by atoms with Crippen molar-refractivity contribution in [3.8, 4) is 0 Å². The number of carbonyl (C=O) groups is 1. The molecule has 0 aliphatic carbocycles. The van der Waals surface area contributed by atoms with E-state index in [1.54, 1.807) is 11.3 Å². The molecule has 0 saturated carbocycles. The van der Waals surface area contributed by atoms with Crippen molar-refractivity contribution in [2.75, 3.05) is 6.54 Å². The summed E-state index contributed by atoms with van der Waals surface area (Å²) < 4.78 is 1.23. The molecule has 2 aromatic rings. The van der Waals surface area contributed by atoms with E-state index in [0.29, 0.717) is 12.3 Å². The van der Waals surface area contributed by atoms with Gasteiger partial charge in [0.1, 0.15) is 0 Å². The second kappa shape index (κ2) is 9.66. The summed E-state index contributed by atoms with van der Waals surface area (Å²) in [4.78, 5) is 16.6. The molecule has 3 nitrogen and oxygen atoms in total. The molecule has 1 aromatic carbocycles. The summed E-state index contributed by atoms with van der Waals surface area (Å²) >= 11 is 1.74. The molecular formula is C19H28N2OS. The summed E-state index contributed by atoms with van der Waals surface area (Å²) in [5.74, 6) is 0.809. The lowest BCUT2D eigenvalue weighted by Gasteiger charge is -2.15. The van der Waals surface area contributed by atoms with E-state index in [0.717, 1.165) is 36.3 Å². The van der Waals surface area contributed by atoms with Crippen LogP contribution in [0.25, 0.3) is 10.2 Å². The molecule has 1 atom stereocenters. The largest absolute Gasteiger partial charge is 0.356 e. The Labute approximate surface area is 143 Å². The van der Waals surface area contributed by atoms with Crippen LogP contribution in [0.1, 0.15) is 57.4 Å². The number of unbranched alkanes of at least 4 members (excludes halogenated alkanes) is 1. The molecule has 2 rings (SSSR count). The van der Waals surface area contributed by atoms with Crippen LogP contribution in [0.4, 0.5) is 0 Å². The Balaban J connectivity index is 1.68. The minimum absolute atomic E-state index is 0.182. The average Bonchev–Trinajstić information content (AvgIpc) is 2.97. The number of aromatic nitrogens is 1. The molecule has 1 heterocycles. The van der Waals surface area contributed by atoms with Crippen molar-refractivity contribution in [3.63, 3.8) is 0 Å². The van der Waals surface area contributed by atoms with Gasteiger partial charge in [0.15, 0.2) is 0 Å². The summed E-state index contributed by atoms with van der Waals surface area (Å²) in [7, 11) is 0. The molecule has 0 radical (unpaired) electrons. The number of benzene rings is 1. The van der Waals surface area contributed by atoms with Gasteiger partial charge < -0.3 is 5.32 Å². The number of hydrogen-bond donors (Lipinski definition) is 1. The highest BCUT2D eigenvalue weighted by molar-refractivity contribution is 7.18. The Morgan fingerprint density at radius 2 is 2.09 bits per heavy atom. The molecule has 0 bridgehead atoms. The van der Waals surface area contributed by atoms with Crippen LogP contribution < -0.4 is 5.32 Å². The van der Waals surface area contributed by atoms with E-state index in [-0.39, 0.29) is 5.91 Å². The Morgan fingerprint density at radius 3 is 2.83 bits per heavy atom. The maximum Gasteiger partial charge on any atom is 0.220 e. The van der Waals surface area contributed by atoms with Crippen molar-refractivity contribution >= 4 is 27.5 Å². The standard InChI is InChI=1S/C19H28N2OS/c1-3-5-9-15(4-2)14-20-18(22)12-8-13-19-21-16-10-6-7-11-17(16)23-19/h6-7,10-11,15H,3-5,8-9,12-14H2,1-2H3,(H,20,22). The van der Waals surface area contributed by atoms with Crippen LogP contribution in [0.2, 0.25) is 0 Å². The quantitative estimate of drug-likeness (QED) is 0.669. The summed E-state index contributed by atoms with van der Waals surface area (Å²) in [5.41, 5.74) is 1.07. The number of amides is 1. The number of para-hydroxylation sites is 1. The van der Waals surface area contributed by atoms with Crippen molar-refractivity contribution in [3.05, 3.63) is 29.3 Å². The molecule has 0 fully saturated rings. The molecule has 0 saturated heterocycles. The van der Waals surface area contributed by atoms with Gasteiger partial charge in [0, 0.05) is 13.0 Å². The van der Waals surface area contributed by atoms with Gasteiger partial charge >= 0.3 is 0 Å². The van der Waals surface area contributed by atoms with Crippen LogP contribution in [0, 0.1) is 5.92 Å². The number of carbonyl (C=O) groups excluding carboxylic acids is 1. The lowest BCUT2D eigenvalue weighted by atomic mass is 9.99. The third-order valence-electron chi connectivity index (χ3n) is 4.26. The fraction of sp³-hybridized carbons (Fsp3) is 0.579. The lowest BCUT2D eigenvalue weighted by molar-refractivity contribution is -0.121. The number of thiazole rings is 1. The van der Waals surface area contributed by atoms with E-state index in [1.165, 1.54) is 24.0 Å². The summed E-state index contributed by atoms with van der Waals surface area (Å²) in [5, 5.41) is 4.23. The Hall–Kier alpha value is -1.42. The highest BCUT2D eigenvalue weighted by atomic mass is 32.1. The number of nitrogens with zero attached hydrogens (tertiary/aromatic N) is 1. The molecule has 126 valence electrons. The molecular weight excluding hydrogens is 304 g/mol. The van der Waals surface area contributed by atoms with Crippen LogP contribution in [-0.2, 0) is 11.2 Å². The fourth-order valence-corrected chi connectivity index (χ4v) is 3.73. The molecule has 1 unspecified atom stereocenters. The van der Waals surface area contributed by atoms with Crippen LogP contribution >= 0.6 is 11.3 Å². The van der Waals surface area contributed by atoms with Gasteiger partial charge in [0.2, 0.25) is 5.91 Å². The summed E-state index contributed by atoms with van der Waals surface area (Å²) in [6.07, 6.45) is 7.21. The first-order valence-corrected chi connectivity index (χ1v) is 9.65. The lowest BCUT2D eigenvalue weighted by Crippen LogP contribution is -2.29. The van der Waals surface area contributed by atoms with Crippen LogP contribution in [0.5, 0.6) is 0 Å². The van der Waals surface area contributed by atoms with Crippen LogP contribution in [-0.4, -0.2) is 17.4 Å². The van der Waals surface area contributed by atoms with Gasteiger partial charge in [-0.1, -0.05) is 45.2 Å². The molecule has 1 N–H and O–H groups in total. The number of aryl methyl sites for hydroxylation is 1. The summed E-state index contributed by atoms with van der Waals surface area (Å²) in [6.45, 7) is 5.25. The third-order valence-corrected chi connectivity index (χ3v) is 5.36. The van der Waals surface area contributed by atoms with Crippen molar-refractivity contribution in [2.45, 2.75) is 58.8 Å². The molecule has 0 aliphatic heterocycles. The van der Waals surface area contributed by atoms with Gasteiger partial charge in [-0.3, -0.25) is 4.79 Å². The van der Waals surface area contributed by atoms with Gasteiger partial charge in [0.05, 0.1) is 15.2 Å². The number of rotatable bonds is 10. The fourth-order valence-electron chi connectivity index (χ4n) is 2.72. The van der Waals surface area contributed by atoms with Crippen LogP contribution in [0.15, 0.2) is 24.3 Å². The Bertz CT molecular complexity index is 575. The predicted molar refractivity (Wildman–Crippen MR) is 98.9 cm³/mol. The SMILES string of the molecule is CCCCC(CC)CNC(=O)CCCc1nc2ccccc2s1. The zero-order valence-electron chi connectivity index (χ0n) is 14.3. The second-order valence-electron chi connectivity index (χ2n) is 6.15. The predicted octanol–water partition coefficient (Wildman–Crippen LogP) is 4.95. The molecule has 1 aromatic heterocycles. The van der Waals surface area contributed by atoms with Gasteiger partial charge in [-0.15, -0.1) is 11.3 Å². The average molecular weight is 333 g/mol. The van der Waals surface area contributed by atoms with Gasteiger partial charge in [0.25, 0.3) is 0 Å². The smallest absolute Gasteiger partial charge is 0.220 e. The topological polar surface area (TPSA) is 42.0 Å². The zero-order valence-corrected chi connectivity index (χ0v) is 15.1. The normalized spacial score (nSPS) is 12.4. The molecule has 23 heavy (non-hydrogen) atoms. The first kappa shape index (κ1) is 17.9. The first-order chi connectivity index (χ1) is 11.2. The first-order valence-electron chi connectivity index (χ1n) is 8.84. The maximum absolute atomic E-state index is 12.0. The minimum Gasteiger partial charge on any atom is -0.356 e. The Kier molecular flexibility index (Phi) is 7.53. The molecule has 0 aliphatic rings. The molecule has 0 spiro atoms. The number of nitrogens with one attached hydrogen (secondary N) is 1. The number of hydrogen-bond acceptors (Lipinski definition) is 3. The minimum atomic E-state index is 0.182. The molecule has 1 amide bonds. The van der Waals surface area contributed by atoms with E-state index < -0.39 is 0 Å². The maximum atomic E-state index is 12.0. The van der Waals surface area contributed by atoms with Crippen molar-refractivity contribution in [1.82, 2.24) is 10.3 Å². The van der Waals surface area contributed by atoms with Gasteiger partial charge in [-0.05, 0) is 37.3 Å². The van der Waals surface area contributed by atoms with E-state index in [9.17, 15) is 4.79 Å².